The Balaban J connectivity index is 1.94. The van der Waals surface area contributed by atoms with Gasteiger partial charge in [0.15, 0.2) is 0 Å². The van der Waals surface area contributed by atoms with Crippen molar-refractivity contribution in [2.75, 3.05) is 37.0 Å². The zero-order valence-electron chi connectivity index (χ0n) is 11.7. The maximum Gasteiger partial charge on any atom is 0.134 e. The van der Waals surface area contributed by atoms with Crippen molar-refractivity contribution in [3.8, 4) is 6.07 Å². The van der Waals surface area contributed by atoms with E-state index in [4.69, 9.17) is 5.26 Å². The van der Waals surface area contributed by atoms with Crippen LogP contribution in [0.3, 0.4) is 0 Å². The summed E-state index contributed by atoms with van der Waals surface area (Å²) in [5.74, 6) is 2.63. The van der Waals surface area contributed by atoms with Gasteiger partial charge in [0.05, 0.1) is 6.07 Å². The molecule has 1 aliphatic rings. The molecule has 0 spiro atoms. The van der Waals surface area contributed by atoms with Crippen LogP contribution >= 0.6 is 0 Å². The molecule has 0 atom stereocenters. The number of aromatic nitrogens is 2. The summed E-state index contributed by atoms with van der Waals surface area (Å²) in [7, 11) is 3.93. The second-order valence-corrected chi connectivity index (χ2v) is 5.26. The summed E-state index contributed by atoms with van der Waals surface area (Å²) < 4.78 is 0. The highest BCUT2D eigenvalue weighted by Crippen LogP contribution is 2.29. The number of rotatable bonds is 6. The molecule has 0 bridgehead atoms. The highest BCUT2D eigenvalue weighted by atomic mass is 15.2. The predicted octanol–water partition coefficient (Wildman–Crippen LogP) is 2.06. The van der Waals surface area contributed by atoms with E-state index < -0.39 is 0 Å². The molecule has 5 heteroatoms. The number of anilines is 2. The lowest BCUT2D eigenvalue weighted by Gasteiger charge is -2.28. The molecule has 1 aromatic rings. The van der Waals surface area contributed by atoms with E-state index in [1.54, 1.807) is 6.33 Å². The minimum Gasteiger partial charge on any atom is -0.360 e. The van der Waals surface area contributed by atoms with Gasteiger partial charge in [-0.2, -0.15) is 5.26 Å². The van der Waals surface area contributed by atoms with Gasteiger partial charge in [-0.05, 0) is 12.3 Å². The Labute approximate surface area is 114 Å². The molecule has 1 saturated carbocycles. The van der Waals surface area contributed by atoms with E-state index >= 15 is 0 Å². The monoisotopic (exact) mass is 259 g/mol. The second kappa shape index (κ2) is 6.37. The molecule has 2 rings (SSSR count). The summed E-state index contributed by atoms with van der Waals surface area (Å²) in [5, 5.41) is 8.71. The third kappa shape index (κ3) is 3.57. The summed E-state index contributed by atoms with van der Waals surface area (Å²) >= 11 is 0. The maximum atomic E-state index is 8.71. The van der Waals surface area contributed by atoms with Crippen molar-refractivity contribution in [1.29, 1.82) is 5.26 Å². The SMILES string of the molecule is CN(CC#N)c1cc(N(C)CCC2CCC2)ncn1. The molecule has 0 N–H and O–H groups in total. The molecule has 0 unspecified atom stereocenters. The van der Waals surface area contributed by atoms with Gasteiger partial charge in [-0.15, -0.1) is 0 Å². The maximum absolute atomic E-state index is 8.71. The molecular formula is C14H21N5. The minimum absolute atomic E-state index is 0.336. The fraction of sp³-hybridized carbons (Fsp3) is 0.643. The average Bonchev–Trinajstić information content (AvgIpc) is 2.37. The van der Waals surface area contributed by atoms with Crippen LogP contribution in [0.5, 0.6) is 0 Å². The third-order valence-corrected chi connectivity index (χ3v) is 3.83. The van der Waals surface area contributed by atoms with Crippen LogP contribution in [0.4, 0.5) is 11.6 Å². The summed E-state index contributed by atoms with van der Waals surface area (Å²) in [6, 6.07) is 4.06. The van der Waals surface area contributed by atoms with Gasteiger partial charge in [0.2, 0.25) is 0 Å². The zero-order valence-corrected chi connectivity index (χ0v) is 11.7. The van der Waals surface area contributed by atoms with Gasteiger partial charge in [-0.3, -0.25) is 0 Å². The topological polar surface area (TPSA) is 56.1 Å². The van der Waals surface area contributed by atoms with Crippen LogP contribution in [0.25, 0.3) is 0 Å². The summed E-state index contributed by atoms with van der Waals surface area (Å²) in [6.07, 6.45) is 6.97. The van der Waals surface area contributed by atoms with E-state index in [2.05, 4.69) is 28.0 Å². The van der Waals surface area contributed by atoms with E-state index in [-0.39, 0.29) is 0 Å². The smallest absolute Gasteiger partial charge is 0.134 e. The van der Waals surface area contributed by atoms with E-state index in [1.165, 1.54) is 25.7 Å². The summed E-state index contributed by atoms with van der Waals surface area (Å²) in [6.45, 7) is 1.37. The Hall–Kier alpha value is -1.83. The quantitative estimate of drug-likeness (QED) is 0.732. The van der Waals surface area contributed by atoms with Crippen LogP contribution in [-0.2, 0) is 0 Å². The summed E-state index contributed by atoms with van der Waals surface area (Å²) in [5.41, 5.74) is 0. The van der Waals surface area contributed by atoms with Gasteiger partial charge in [-0.1, -0.05) is 19.3 Å². The first-order valence-electron chi connectivity index (χ1n) is 6.82. The Morgan fingerprint density at radius 1 is 1.26 bits per heavy atom. The molecule has 0 aromatic carbocycles. The highest BCUT2D eigenvalue weighted by molar-refractivity contribution is 5.49. The molecule has 19 heavy (non-hydrogen) atoms. The molecule has 102 valence electrons. The number of nitriles is 1. The Bertz CT molecular complexity index is 449. The lowest BCUT2D eigenvalue weighted by Crippen LogP contribution is -2.25. The van der Waals surface area contributed by atoms with Crippen LogP contribution < -0.4 is 9.80 Å². The molecule has 1 aliphatic carbocycles. The van der Waals surface area contributed by atoms with Crippen LogP contribution in [-0.4, -0.2) is 37.2 Å². The minimum atomic E-state index is 0.336. The van der Waals surface area contributed by atoms with Crippen LogP contribution in [0.1, 0.15) is 25.7 Å². The molecular weight excluding hydrogens is 238 g/mol. The molecule has 0 radical (unpaired) electrons. The summed E-state index contributed by atoms with van der Waals surface area (Å²) in [4.78, 5) is 12.5. The van der Waals surface area contributed by atoms with Crippen molar-refractivity contribution in [3.63, 3.8) is 0 Å². The lowest BCUT2D eigenvalue weighted by atomic mass is 9.83. The van der Waals surface area contributed by atoms with Gasteiger partial charge in [-0.25, -0.2) is 9.97 Å². The molecule has 0 saturated heterocycles. The average molecular weight is 259 g/mol. The van der Waals surface area contributed by atoms with Crippen molar-refractivity contribution >= 4 is 11.6 Å². The fourth-order valence-corrected chi connectivity index (χ4v) is 2.21. The standard InChI is InChI=1S/C14H21N5/c1-18(8-6-12-4-3-5-12)13-10-14(17-11-16-13)19(2)9-7-15/h10-12H,3-6,8-9H2,1-2H3. The Morgan fingerprint density at radius 3 is 2.53 bits per heavy atom. The van der Waals surface area contributed by atoms with Crippen molar-refractivity contribution in [1.82, 2.24) is 9.97 Å². The van der Waals surface area contributed by atoms with Crippen LogP contribution in [0.15, 0.2) is 12.4 Å². The lowest BCUT2D eigenvalue weighted by molar-refractivity contribution is 0.299. The molecule has 1 fully saturated rings. The number of hydrogen-bond acceptors (Lipinski definition) is 5. The van der Waals surface area contributed by atoms with Crippen molar-refractivity contribution in [2.24, 2.45) is 5.92 Å². The molecule has 0 amide bonds. The Kier molecular flexibility index (Phi) is 4.56. The molecule has 1 heterocycles. The van der Waals surface area contributed by atoms with Gasteiger partial charge in [0, 0.05) is 26.7 Å². The predicted molar refractivity (Wildman–Crippen MR) is 76.1 cm³/mol. The van der Waals surface area contributed by atoms with Gasteiger partial charge < -0.3 is 9.80 Å². The first kappa shape index (κ1) is 13.6. The zero-order chi connectivity index (χ0) is 13.7. The molecule has 1 aromatic heterocycles. The number of hydrogen-bond donors (Lipinski definition) is 0. The normalized spacial score (nSPS) is 14.6. The molecule has 0 aliphatic heterocycles. The van der Waals surface area contributed by atoms with Crippen molar-refractivity contribution in [3.05, 3.63) is 12.4 Å². The van der Waals surface area contributed by atoms with Crippen molar-refractivity contribution in [2.45, 2.75) is 25.7 Å². The van der Waals surface area contributed by atoms with E-state index in [0.29, 0.717) is 6.54 Å². The Morgan fingerprint density at radius 2 is 1.95 bits per heavy atom. The van der Waals surface area contributed by atoms with E-state index in [0.717, 1.165) is 24.1 Å². The van der Waals surface area contributed by atoms with E-state index in [1.807, 2.05) is 18.0 Å². The van der Waals surface area contributed by atoms with E-state index in [9.17, 15) is 0 Å². The van der Waals surface area contributed by atoms with Gasteiger partial charge in [0.25, 0.3) is 0 Å². The van der Waals surface area contributed by atoms with Crippen LogP contribution in [0.2, 0.25) is 0 Å². The first-order chi connectivity index (χ1) is 9.20. The highest BCUT2D eigenvalue weighted by Gasteiger charge is 2.18. The van der Waals surface area contributed by atoms with Crippen molar-refractivity contribution < 1.29 is 0 Å². The number of nitrogens with zero attached hydrogens (tertiary/aromatic N) is 5. The van der Waals surface area contributed by atoms with Crippen LogP contribution in [0, 0.1) is 17.2 Å². The first-order valence-corrected chi connectivity index (χ1v) is 6.82. The fourth-order valence-electron chi connectivity index (χ4n) is 2.21. The largest absolute Gasteiger partial charge is 0.360 e. The molecule has 5 nitrogen and oxygen atoms in total. The third-order valence-electron chi connectivity index (χ3n) is 3.83. The second-order valence-electron chi connectivity index (χ2n) is 5.26. The van der Waals surface area contributed by atoms with Gasteiger partial charge in [0.1, 0.15) is 24.5 Å². The van der Waals surface area contributed by atoms with Gasteiger partial charge >= 0.3 is 0 Å².